The number of halogens is 1. The number of benzene rings is 1. The largest absolute Gasteiger partial charge is 0.383 e. The maximum absolute atomic E-state index is 12.1. The third-order valence-electron chi connectivity index (χ3n) is 4.47. The molecular formula is C18H23ClN4O3. The van der Waals surface area contributed by atoms with Crippen LogP contribution in [0.4, 0.5) is 0 Å². The lowest BCUT2D eigenvalue weighted by Crippen LogP contribution is -2.41. The summed E-state index contributed by atoms with van der Waals surface area (Å²) >= 11 is 6.00. The number of carbonyl (C=O) groups excluding carboxylic acids is 1. The van der Waals surface area contributed by atoms with Crippen molar-refractivity contribution in [2.24, 2.45) is 5.92 Å². The van der Waals surface area contributed by atoms with Crippen molar-refractivity contribution >= 4 is 17.5 Å². The lowest BCUT2D eigenvalue weighted by Gasteiger charge is -2.30. The molecule has 1 fully saturated rings. The highest BCUT2D eigenvalue weighted by Gasteiger charge is 2.25. The second kappa shape index (κ2) is 9.12. The Morgan fingerprint density at radius 1 is 1.42 bits per heavy atom. The van der Waals surface area contributed by atoms with E-state index >= 15 is 0 Å². The van der Waals surface area contributed by atoms with Crippen LogP contribution in [0.3, 0.4) is 0 Å². The molecule has 1 aromatic carbocycles. The van der Waals surface area contributed by atoms with E-state index in [1.54, 1.807) is 7.11 Å². The summed E-state index contributed by atoms with van der Waals surface area (Å²) in [6.07, 6.45) is 1.65. The molecule has 26 heavy (non-hydrogen) atoms. The van der Waals surface area contributed by atoms with Crippen LogP contribution in [-0.2, 0) is 16.1 Å². The minimum Gasteiger partial charge on any atom is -0.383 e. The van der Waals surface area contributed by atoms with E-state index in [1.807, 2.05) is 24.3 Å². The molecule has 140 valence electrons. The average molecular weight is 379 g/mol. The predicted molar refractivity (Wildman–Crippen MR) is 97.6 cm³/mol. The number of nitrogens with zero attached hydrogens (tertiary/aromatic N) is 3. The van der Waals surface area contributed by atoms with E-state index in [4.69, 9.17) is 20.9 Å². The van der Waals surface area contributed by atoms with E-state index in [0.29, 0.717) is 36.4 Å². The highest BCUT2D eigenvalue weighted by Crippen LogP contribution is 2.22. The molecule has 1 aliphatic heterocycles. The first-order chi connectivity index (χ1) is 12.7. The average Bonchev–Trinajstić information content (AvgIpc) is 3.11. The maximum atomic E-state index is 12.1. The number of hydrogen-bond donors (Lipinski definition) is 1. The van der Waals surface area contributed by atoms with Crippen molar-refractivity contribution in [2.75, 3.05) is 33.4 Å². The first-order valence-corrected chi connectivity index (χ1v) is 9.11. The molecule has 0 spiro atoms. The van der Waals surface area contributed by atoms with Gasteiger partial charge in [0.05, 0.1) is 13.2 Å². The summed E-state index contributed by atoms with van der Waals surface area (Å²) in [4.78, 5) is 18.8. The van der Waals surface area contributed by atoms with Gasteiger partial charge in [0, 0.05) is 30.2 Å². The van der Waals surface area contributed by atoms with Crippen molar-refractivity contribution in [1.29, 1.82) is 0 Å². The van der Waals surface area contributed by atoms with E-state index in [9.17, 15) is 4.79 Å². The van der Waals surface area contributed by atoms with Gasteiger partial charge in [-0.3, -0.25) is 9.69 Å². The molecule has 0 atom stereocenters. The molecule has 0 saturated carbocycles. The summed E-state index contributed by atoms with van der Waals surface area (Å²) in [5.74, 6) is 1.29. The number of aromatic nitrogens is 2. The van der Waals surface area contributed by atoms with E-state index in [0.717, 1.165) is 31.5 Å². The van der Waals surface area contributed by atoms with E-state index in [2.05, 4.69) is 20.4 Å². The number of rotatable bonds is 7. The summed E-state index contributed by atoms with van der Waals surface area (Å²) in [7, 11) is 1.62. The fourth-order valence-electron chi connectivity index (χ4n) is 3.03. The van der Waals surface area contributed by atoms with Gasteiger partial charge in [-0.15, -0.1) is 0 Å². The van der Waals surface area contributed by atoms with E-state index in [1.165, 1.54) is 0 Å². The molecule has 2 heterocycles. The molecule has 0 aliphatic carbocycles. The van der Waals surface area contributed by atoms with Gasteiger partial charge in [0.2, 0.25) is 17.6 Å². The Labute approximate surface area is 157 Å². The normalized spacial score (nSPS) is 15.9. The van der Waals surface area contributed by atoms with Crippen molar-refractivity contribution in [1.82, 2.24) is 20.4 Å². The molecule has 0 bridgehead atoms. The van der Waals surface area contributed by atoms with Crippen LogP contribution in [-0.4, -0.2) is 54.3 Å². The van der Waals surface area contributed by atoms with E-state index in [-0.39, 0.29) is 11.8 Å². The van der Waals surface area contributed by atoms with Crippen molar-refractivity contribution in [2.45, 2.75) is 19.4 Å². The SMILES string of the molecule is COCCNC(=O)C1CCN(Cc2nc(-c3cccc(Cl)c3)no2)CC1. The van der Waals surface area contributed by atoms with E-state index < -0.39 is 0 Å². The van der Waals surface area contributed by atoms with Crippen LogP contribution in [0, 0.1) is 5.92 Å². The van der Waals surface area contributed by atoms with Crippen LogP contribution in [0.1, 0.15) is 18.7 Å². The molecule has 0 radical (unpaired) electrons. The first kappa shape index (κ1) is 18.8. The van der Waals surface area contributed by atoms with Crippen LogP contribution < -0.4 is 5.32 Å². The third-order valence-corrected chi connectivity index (χ3v) is 4.71. The monoisotopic (exact) mass is 378 g/mol. The molecule has 8 heteroatoms. The number of methoxy groups -OCH3 is 1. The van der Waals surface area contributed by atoms with Crippen molar-refractivity contribution < 1.29 is 14.1 Å². The van der Waals surface area contributed by atoms with Gasteiger partial charge in [-0.1, -0.05) is 28.9 Å². The number of carbonyl (C=O) groups is 1. The second-order valence-electron chi connectivity index (χ2n) is 6.36. The Hall–Kier alpha value is -1.96. The Morgan fingerprint density at radius 3 is 2.96 bits per heavy atom. The van der Waals surface area contributed by atoms with Crippen molar-refractivity contribution in [3.63, 3.8) is 0 Å². The summed E-state index contributed by atoms with van der Waals surface area (Å²) in [6.45, 7) is 3.35. The van der Waals surface area contributed by atoms with Crippen molar-refractivity contribution in [3.8, 4) is 11.4 Å². The Balaban J connectivity index is 1.48. The van der Waals surface area contributed by atoms with Gasteiger partial charge < -0.3 is 14.6 Å². The zero-order valence-corrected chi connectivity index (χ0v) is 15.5. The number of amides is 1. The molecule has 1 aliphatic rings. The Morgan fingerprint density at radius 2 is 2.23 bits per heavy atom. The minimum atomic E-state index is 0.0628. The third kappa shape index (κ3) is 5.03. The topological polar surface area (TPSA) is 80.5 Å². The number of ether oxygens (including phenoxy) is 1. The maximum Gasteiger partial charge on any atom is 0.241 e. The van der Waals surface area contributed by atoms with Crippen LogP contribution >= 0.6 is 11.6 Å². The zero-order valence-electron chi connectivity index (χ0n) is 14.8. The summed E-state index contributed by atoms with van der Waals surface area (Å²) in [6, 6.07) is 7.37. The molecule has 2 aromatic rings. The second-order valence-corrected chi connectivity index (χ2v) is 6.79. The standard InChI is InChI=1S/C18H23ClN4O3/c1-25-10-7-20-18(24)13-5-8-23(9-6-13)12-16-21-17(22-26-16)14-3-2-4-15(19)11-14/h2-4,11,13H,5-10,12H2,1H3,(H,20,24). The minimum absolute atomic E-state index is 0.0628. The summed E-state index contributed by atoms with van der Waals surface area (Å²) in [5, 5.41) is 7.58. The highest BCUT2D eigenvalue weighted by atomic mass is 35.5. The highest BCUT2D eigenvalue weighted by molar-refractivity contribution is 6.30. The lowest BCUT2D eigenvalue weighted by molar-refractivity contribution is -0.126. The number of likely N-dealkylation sites (tertiary alicyclic amines) is 1. The predicted octanol–water partition coefficient (Wildman–Crippen LogP) is 2.36. The lowest BCUT2D eigenvalue weighted by atomic mass is 9.96. The van der Waals surface area contributed by atoms with Gasteiger partial charge in [-0.25, -0.2) is 0 Å². The van der Waals surface area contributed by atoms with Gasteiger partial charge in [0.1, 0.15) is 0 Å². The fraction of sp³-hybridized carbons (Fsp3) is 0.500. The van der Waals surface area contributed by atoms with Crippen LogP contribution in [0.15, 0.2) is 28.8 Å². The smallest absolute Gasteiger partial charge is 0.241 e. The molecule has 3 rings (SSSR count). The van der Waals surface area contributed by atoms with Crippen LogP contribution in [0.5, 0.6) is 0 Å². The first-order valence-electron chi connectivity index (χ1n) is 8.73. The molecule has 0 unspecified atom stereocenters. The summed E-state index contributed by atoms with van der Waals surface area (Å²) in [5.41, 5.74) is 0.832. The molecule has 1 N–H and O–H groups in total. The van der Waals surface area contributed by atoms with Gasteiger partial charge >= 0.3 is 0 Å². The van der Waals surface area contributed by atoms with Crippen LogP contribution in [0.25, 0.3) is 11.4 Å². The number of nitrogens with one attached hydrogen (secondary N) is 1. The Bertz CT molecular complexity index is 729. The van der Waals surface area contributed by atoms with Crippen LogP contribution in [0.2, 0.25) is 5.02 Å². The van der Waals surface area contributed by atoms with Gasteiger partial charge in [-0.2, -0.15) is 4.98 Å². The number of hydrogen-bond acceptors (Lipinski definition) is 6. The number of piperidine rings is 1. The zero-order chi connectivity index (χ0) is 18.4. The van der Waals surface area contributed by atoms with Crippen molar-refractivity contribution in [3.05, 3.63) is 35.2 Å². The quantitative estimate of drug-likeness (QED) is 0.745. The molecule has 1 saturated heterocycles. The molecule has 1 aromatic heterocycles. The van der Waals surface area contributed by atoms with Gasteiger partial charge in [0.25, 0.3) is 0 Å². The molecule has 7 nitrogen and oxygen atoms in total. The Kier molecular flexibility index (Phi) is 6.60. The van der Waals surface area contributed by atoms with Gasteiger partial charge in [0.15, 0.2) is 0 Å². The molecule has 1 amide bonds. The summed E-state index contributed by atoms with van der Waals surface area (Å²) < 4.78 is 10.3. The molecular weight excluding hydrogens is 356 g/mol. The van der Waals surface area contributed by atoms with Gasteiger partial charge in [-0.05, 0) is 38.1 Å². The fourth-order valence-corrected chi connectivity index (χ4v) is 3.22.